The number of nitrogens with zero attached hydrogens (tertiary/aromatic N) is 3. The normalized spacial score (nSPS) is 20.3. The monoisotopic (exact) mass is 1020 g/mol. The average Bonchev–Trinajstić information content (AvgIpc) is 4.16. The number of benzene rings is 4. The van der Waals surface area contributed by atoms with E-state index >= 15 is 0 Å². The van der Waals surface area contributed by atoms with E-state index in [4.69, 9.17) is 22.1 Å². The van der Waals surface area contributed by atoms with Crippen LogP contribution in [0.15, 0.2) is 72.8 Å². The van der Waals surface area contributed by atoms with Crippen molar-refractivity contribution in [3.8, 4) is 29.1 Å². The fourth-order valence-electron chi connectivity index (χ4n) is 10.1. The van der Waals surface area contributed by atoms with Gasteiger partial charge in [-0.05, 0) is 139 Å². The summed E-state index contributed by atoms with van der Waals surface area (Å²) >= 11 is 6.07. The van der Waals surface area contributed by atoms with Crippen LogP contribution in [0.2, 0.25) is 0 Å². The van der Waals surface area contributed by atoms with E-state index in [0.29, 0.717) is 74.0 Å². The van der Waals surface area contributed by atoms with Gasteiger partial charge in [0.1, 0.15) is 0 Å². The number of rotatable bonds is 11. The number of fused-ring (bicyclic) bond motifs is 4. The van der Waals surface area contributed by atoms with E-state index in [1.165, 1.54) is 29.8 Å². The van der Waals surface area contributed by atoms with E-state index in [9.17, 15) is 27.2 Å². The van der Waals surface area contributed by atoms with Gasteiger partial charge in [-0.25, -0.2) is 4.89 Å². The lowest BCUT2D eigenvalue weighted by Gasteiger charge is -2.36. The first kappa shape index (κ1) is 53.8. The standard InChI is InChI=1S/C26H27F2N3O3.C25H27ClF2N2O3.C2H6O2.CH4/c1-24(2,3)22-14-16-13-18(6-7-19(16)31(22)12-4-11-29)30-23(32)25(9-10-25)17-5-8-20-21(15-17)34-26(27,28)33-20;1-23(2,3)21-13-15-12-17(5-6-18(15)30(21)11-10-26)29-22(31)24(8-9-24)16-4-7-19-20(14-16)33-25(27,28)32-19;1-2-4-3;/h5-8,13,15,22H,4,9-10,12,14H2,1-3H3,(H,30,32);4-7,12,14,21H,8-11,13H2,1-3H3,(H,29,31);3H,2H2,1H3;1H4. The molecule has 2 unspecified atom stereocenters. The number of hydrogen-bond acceptors (Lipinski definition) is 11. The van der Waals surface area contributed by atoms with Crippen LogP contribution in [0.5, 0.6) is 23.0 Å². The minimum Gasteiger partial charge on any atom is -0.395 e. The Labute approximate surface area is 423 Å². The number of hydrogen-bond donors (Lipinski definition) is 3. The van der Waals surface area contributed by atoms with Crippen LogP contribution in [0, 0.1) is 22.2 Å². The molecule has 0 spiro atoms. The number of ether oxygens (including phenoxy) is 4. The zero-order chi connectivity index (χ0) is 51.3. The zero-order valence-corrected chi connectivity index (χ0v) is 41.7. The van der Waals surface area contributed by atoms with Gasteiger partial charge in [0.05, 0.1) is 29.9 Å². The van der Waals surface area contributed by atoms with Gasteiger partial charge in [-0.15, -0.1) is 29.2 Å². The van der Waals surface area contributed by atoms with Crippen molar-refractivity contribution in [2.24, 2.45) is 10.8 Å². The highest BCUT2D eigenvalue weighted by Crippen LogP contribution is 2.54. The van der Waals surface area contributed by atoms with Crippen molar-refractivity contribution in [1.82, 2.24) is 0 Å². The van der Waals surface area contributed by atoms with Crippen LogP contribution >= 0.6 is 11.6 Å². The predicted octanol–water partition coefficient (Wildman–Crippen LogP) is 12.2. The van der Waals surface area contributed by atoms with Crippen molar-refractivity contribution < 1.29 is 56.2 Å². The van der Waals surface area contributed by atoms with E-state index in [2.05, 4.69) is 91.9 Å². The Bertz CT molecular complexity index is 2710. The number of amides is 2. The number of anilines is 4. The Morgan fingerprint density at radius 1 is 0.694 bits per heavy atom. The second-order valence-corrected chi connectivity index (χ2v) is 21.4. The second-order valence-electron chi connectivity index (χ2n) is 21.0. The molecule has 0 saturated heterocycles. The van der Waals surface area contributed by atoms with Crippen LogP contribution in [0.25, 0.3) is 0 Å². The maximum absolute atomic E-state index is 13.4. The smallest absolute Gasteiger partial charge is 0.395 e. The quantitative estimate of drug-likeness (QED) is 0.0569. The summed E-state index contributed by atoms with van der Waals surface area (Å²) < 4.78 is 71.6. The number of carbonyl (C=O) groups excluding carboxylic acids is 2. The topological polar surface area (TPSA) is 155 Å². The van der Waals surface area contributed by atoms with Gasteiger partial charge >= 0.3 is 12.6 Å². The highest BCUT2D eigenvalue weighted by atomic mass is 35.5. The molecule has 72 heavy (non-hydrogen) atoms. The van der Waals surface area contributed by atoms with Gasteiger partial charge in [0.15, 0.2) is 23.0 Å². The molecule has 18 heteroatoms. The minimum atomic E-state index is -3.68. The summed E-state index contributed by atoms with van der Waals surface area (Å²) in [4.78, 5) is 34.7. The first-order valence-electron chi connectivity index (χ1n) is 23.9. The Kier molecular flexibility index (Phi) is 15.1. The van der Waals surface area contributed by atoms with Gasteiger partial charge in [0.25, 0.3) is 0 Å². The minimum absolute atomic E-state index is 0. The molecular formula is C54H64ClF4N5O8. The van der Waals surface area contributed by atoms with E-state index in [1.54, 1.807) is 19.1 Å². The third kappa shape index (κ3) is 11.0. The second kappa shape index (κ2) is 20.2. The number of alkyl halides is 5. The first-order valence-corrected chi connectivity index (χ1v) is 24.4. The summed E-state index contributed by atoms with van der Waals surface area (Å²) in [6, 6.07) is 23.9. The van der Waals surface area contributed by atoms with Crippen LogP contribution in [-0.2, 0) is 38.1 Å². The van der Waals surface area contributed by atoms with E-state index in [-0.39, 0.29) is 59.1 Å². The molecule has 10 rings (SSSR count). The molecule has 2 aliphatic carbocycles. The summed E-state index contributed by atoms with van der Waals surface area (Å²) in [6.45, 7) is 16.8. The van der Waals surface area contributed by atoms with Gasteiger partial charge in [0, 0.05) is 53.8 Å². The van der Waals surface area contributed by atoms with Gasteiger partial charge < -0.3 is 39.4 Å². The highest BCUT2D eigenvalue weighted by molar-refractivity contribution is 6.18. The highest BCUT2D eigenvalue weighted by Gasteiger charge is 2.54. The fraction of sp³-hybridized carbons (Fsp3) is 0.500. The van der Waals surface area contributed by atoms with Gasteiger partial charge in [0.2, 0.25) is 11.8 Å². The molecule has 2 saturated carbocycles. The van der Waals surface area contributed by atoms with E-state index in [1.807, 2.05) is 36.4 Å². The third-order valence-electron chi connectivity index (χ3n) is 14.1. The lowest BCUT2D eigenvalue weighted by atomic mass is 9.84. The Hall–Kier alpha value is -5.96. The van der Waals surface area contributed by atoms with E-state index in [0.717, 1.165) is 42.0 Å². The van der Waals surface area contributed by atoms with Crippen molar-refractivity contribution in [2.75, 3.05) is 46.0 Å². The summed E-state index contributed by atoms with van der Waals surface area (Å²) in [6.07, 6.45) is -2.61. The molecular weight excluding hydrogens is 958 g/mol. The molecule has 3 N–H and O–H groups in total. The summed E-state index contributed by atoms with van der Waals surface area (Å²) in [5.41, 5.74) is 5.94. The Morgan fingerprint density at radius 3 is 1.43 bits per heavy atom. The molecule has 0 aromatic heterocycles. The third-order valence-corrected chi connectivity index (χ3v) is 14.2. The summed E-state index contributed by atoms with van der Waals surface area (Å²) in [5.74, 6) is 0.104. The molecule has 2 fully saturated rings. The maximum atomic E-state index is 13.4. The van der Waals surface area contributed by atoms with E-state index < -0.39 is 23.4 Å². The molecule has 0 radical (unpaired) electrons. The number of halogens is 5. The summed E-state index contributed by atoms with van der Waals surface area (Å²) in [5, 5.41) is 22.6. The maximum Gasteiger partial charge on any atom is 0.586 e. The molecule has 2 amide bonds. The first-order chi connectivity index (χ1) is 33.5. The molecule has 4 aromatic carbocycles. The van der Waals surface area contributed by atoms with Gasteiger partial charge in [-0.2, -0.15) is 5.26 Å². The van der Waals surface area contributed by atoms with Crippen LogP contribution in [0.4, 0.5) is 40.3 Å². The number of carbonyl (C=O) groups is 2. The van der Waals surface area contributed by atoms with Gasteiger partial charge in [-0.3, -0.25) is 14.8 Å². The molecule has 4 aromatic rings. The van der Waals surface area contributed by atoms with Crippen LogP contribution in [0.3, 0.4) is 0 Å². The van der Waals surface area contributed by atoms with Crippen molar-refractivity contribution in [3.05, 3.63) is 95.1 Å². The molecule has 6 aliphatic rings. The molecule has 13 nitrogen and oxygen atoms in total. The SMILES string of the molecule is C.CC(C)(C)C1Cc2cc(NC(=O)C3(c4ccc5c(c4)OC(F)(F)O5)CC3)ccc2N1CCC#N.CC(C)(C)C1Cc2cc(NC(=O)C3(c4ccc5c(c4)OC(F)(F)O5)CC3)ccc2N1CCCl.CCOO. The van der Waals surface area contributed by atoms with Gasteiger partial charge in [-0.1, -0.05) is 61.1 Å². The number of nitrogens with one attached hydrogen (secondary N) is 2. The molecule has 388 valence electrons. The van der Waals surface area contributed by atoms with Crippen LogP contribution in [-0.4, -0.2) is 67.3 Å². The number of nitriles is 1. The molecule has 4 aliphatic heterocycles. The Balaban J connectivity index is 0.000000194. The fourth-order valence-corrected chi connectivity index (χ4v) is 10.3. The van der Waals surface area contributed by atoms with Crippen molar-refractivity contribution in [1.29, 1.82) is 5.26 Å². The lowest BCUT2D eigenvalue weighted by molar-refractivity contribution is -0.287. The van der Waals surface area contributed by atoms with Crippen LogP contribution in [0.1, 0.15) is 110 Å². The van der Waals surface area contributed by atoms with Crippen molar-refractivity contribution in [2.45, 2.75) is 136 Å². The average molecular weight is 1020 g/mol. The summed E-state index contributed by atoms with van der Waals surface area (Å²) in [7, 11) is 0. The van der Waals surface area contributed by atoms with Crippen molar-refractivity contribution >= 4 is 46.2 Å². The van der Waals surface area contributed by atoms with Crippen LogP contribution < -0.4 is 39.4 Å². The zero-order valence-electron chi connectivity index (χ0n) is 40.9. The lowest BCUT2D eigenvalue weighted by Crippen LogP contribution is -2.42. The largest absolute Gasteiger partial charge is 0.586 e. The molecule has 4 heterocycles. The van der Waals surface area contributed by atoms with Crippen molar-refractivity contribution in [3.63, 3.8) is 0 Å². The Morgan fingerprint density at radius 2 is 1.08 bits per heavy atom. The molecule has 0 bridgehead atoms. The predicted molar refractivity (Wildman–Crippen MR) is 268 cm³/mol. The molecule has 2 atom stereocenters.